The van der Waals surface area contributed by atoms with Crippen molar-refractivity contribution >= 4 is 51.4 Å². The molecular weight excluding hydrogens is 524 g/mol. The van der Waals surface area contributed by atoms with Gasteiger partial charge < -0.3 is 25.2 Å². The number of nitrogens with one attached hydrogen (secondary N) is 3. The summed E-state index contributed by atoms with van der Waals surface area (Å²) in [6.45, 7) is 3.40. The zero-order valence-electron chi connectivity index (χ0n) is 18.4. The van der Waals surface area contributed by atoms with Gasteiger partial charge in [0.15, 0.2) is 11.7 Å². The summed E-state index contributed by atoms with van der Waals surface area (Å²) in [4.78, 5) is 24.9. The van der Waals surface area contributed by atoms with E-state index in [-0.39, 0.29) is 19.0 Å². The molecule has 9 nitrogen and oxygen atoms in total. The molecule has 178 valence electrons. The highest BCUT2D eigenvalue weighted by Crippen LogP contribution is 2.33. The maximum absolute atomic E-state index is 12.6. The Bertz CT molecular complexity index is 1170. The van der Waals surface area contributed by atoms with Crippen LogP contribution in [0.5, 0.6) is 11.5 Å². The second-order valence-electron chi connectivity index (χ2n) is 7.12. The predicted molar refractivity (Wildman–Crippen MR) is 134 cm³/mol. The van der Waals surface area contributed by atoms with Crippen LogP contribution in [0.3, 0.4) is 0 Å². The Hall–Kier alpha value is -3.44. The molecule has 1 aliphatic heterocycles. The molecule has 0 spiro atoms. The number of hydrogen-bond donors (Lipinski definition) is 4. The fraction of sp³-hybridized carbons (Fsp3) is 0.217. The minimum absolute atomic E-state index is 0.105. The van der Waals surface area contributed by atoms with E-state index in [1.165, 1.54) is 12.3 Å². The Morgan fingerprint density at radius 2 is 2.06 bits per heavy atom. The Morgan fingerprint density at radius 1 is 1.29 bits per heavy atom. The first-order valence-corrected chi connectivity index (χ1v) is 11.5. The zero-order chi connectivity index (χ0) is 24.7. The van der Waals surface area contributed by atoms with E-state index in [0.29, 0.717) is 37.7 Å². The van der Waals surface area contributed by atoms with Crippen LogP contribution in [0, 0.1) is 0 Å². The molecule has 1 amide bonds. The van der Waals surface area contributed by atoms with Gasteiger partial charge in [-0.25, -0.2) is 10.2 Å². The van der Waals surface area contributed by atoms with Crippen molar-refractivity contribution in [2.75, 3.05) is 13.2 Å². The summed E-state index contributed by atoms with van der Waals surface area (Å²) in [5, 5.41) is 19.8. The summed E-state index contributed by atoms with van der Waals surface area (Å²) >= 11 is 8.49. The third-order valence-electron chi connectivity index (χ3n) is 4.73. The van der Waals surface area contributed by atoms with Gasteiger partial charge in [0.25, 0.3) is 5.91 Å². The quantitative estimate of drug-likeness (QED) is 0.172. The summed E-state index contributed by atoms with van der Waals surface area (Å²) in [6.07, 6.45) is 1.44. The molecule has 0 fully saturated rings. The summed E-state index contributed by atoms with van der Waals surface area (Å²) < 4.78 is 11.5. The number of allylic oxidation sites excluding steroid dienone is 1. The number of para-hydroxylation sites is 1. The third kappa shape index (κ3) is 6.33. The van der Waals surface area contributed by atoms with Crippen LogP contribution in [0.15, 0.2) is 63.3 Å². The largest absolute Gasteiger partial charge is 0.507 e. The van der Waals surface area contributed by atoms with Gasteiger partial charge in [0.05, 0.1) is 28.9 Å². The fourth-order valence-electron chi connectivity index (χ4n) is 3.21. The Balaban J connectivity index is 1.71. The van der Waals surface area contributed by atoms with Crippen LogP contribution in [0.25, 0.3) is 0 Å². The Labute approximate surface area is 210 Å². The molecule has 0 radical (unpaired) electrons. The number of benzene rings is 2. The van der Waals surface area contributed by atoms with Crippen LogP contribution >= 0.6 is 28.1 Å². The number of hydrazone groups is 1. The summed E-state index contributed by atoms with van der Waals surface area (Å²) in [7, 11) is 0. The van der Waals surface area contributed by atoms with Crippen LogP contribution in [-0.2, 0) is 14.3 Å². The average molecular weight is 547 g/mol. The smallest absolute Gasteiger partial charge is 0.338 e. The molecule has 0 saturated carbocycles. The van der Waals surface area contributed by atoms with Crippen molar-refractivity contribution in [1.82, 2.24) is 16.1 Å². The first-order valence-electron chi connectivity index (χ1n) is 10.3. The first kappa shape index (κ1) is 25.2. The van der Waals surface area contributed by atoms with Gasteiger partial charge in [-0.15, -0.1) is 0 Å². The standard InChI is InChI=1S/C23H23BrN4O5S/c1-3-32-22(31)20-13(2)26-23(34)27-21(20)15-6-4-5-7-18(15)33-12-19(30)28-25-11-14-8-9-17(29)16(24)10-14/h4-11,21,29H,3,12H2,1-2H3,(H,28,30)(H2,26,27,34)/t21-/m0/s1. The van der Waals surface area contributed by atoms with E-state index < -0.39 is 17.9 Å². The maximum atomic E-state index is 12.6. The van der Waals surface area contributed by atoms with Crippen molar-refractivity contribution in [2.45, 2.75) is 19.9 Å². The number of phenols is 1. The van der Waals surface area contributed by atoms with Crippen LogP contribution < -0.4 is 20.8 Å². The van der Waals surface area contributed by atoms with Crippen LogP contribution in [0.2, 0.25) is 0 Å². The van der Waals surface area contributed by atoms with Crippen molar-refractivity contribution in [1.29, 1.82) is 0 Å². The van der Waals surface area contributed by atoms with Gasteiger partial charge >= 0.3 is 5.97 Å². The number of carbonyl (C=O) groups is 2. The molecular formula is C23H23BrN4O5S. The number of phenolic OH excluding ortho intramolecular Hbond substituents is 1. The van der Waals surface area contributed by atoms with Crippen LogP contribution in [0.4, 0.5) is 0 Å². The molecule has 3 rings (SSSR count). The lowest BCUT2D eigenvalue weighted by Gasteiger charge is -2.30. The summed E-state index contributed by atoms with van der Waals surface area (Å²) in [5.74, 6) is -0.445. The lowest BCUT2D eigenvalue weighted by atomic mass is 9.95. The van der Waals surface area contributed by atoms with Crippen molar-refractivity contribution < 1.29 is 24.2 Å². The number of ether oxygens (including phenoxy) is 2. The van der Waals surface area contributed by atoms with Crippen LogP contribution in [-0.4, -0.2) is 41.5 Å². The van der Waals surface area contributed by atoms with E-state index in [2.05, 4.69) is 37.1 Å². The molecule has 2 aromatic rings. The molecule has 11 heteroatoms. The fourth-order valence-corrected chi connectivity index (χ4v) is 3.88. The van der Waals surface area contributed by atoms with Gasteiger partial charge in [0.1, 0.15) is 11.5 Å². The molecule has 0 aliphatic carbocycles. The molecule has 1 aliphatic rings. The van der Waals surface area contributed by atoms with E-state index in [9.17, 15) is 14.7 Å². The van der Waals surface area contributed by atoms with Gasteiger partial charge in [0.2, 0.25) is 0 Å². The molecule has 0 saturated heterocycles. The van der Waals surface area contributed by atoms with E-state index in [0.717, 1.165) is 0 Å². The highest BCUT2D eigenvalue weighted by atomic mass is 79.9. The lowest BCUT2D eigenvalue weighted by molar-refractivity contribution is -0.139. The number of esters is 1. The molecule has 1 atom stereocenters. The third-order valence-corrected chi connectivity index (χ3v) is 5.58. The molecule has 2 aromatic carbocycles. The second-order valence-corrected chi connectivity index (χ2v) is 8.38. The van der Waals surface area contributed by atoms with E-state index >= 15 is 0 Å². The summed E-state index contributed by atoms with van der Waals surface area (Å²) in [6, 6.07) is 11.2. The average Bonchev–Trinajstić information content (AvgIpc) is 2.80. The van der Waals surface area contributed by atoms with Gasteiger partial charge in [-0.3, -0.25) is 4.79 Å². The van der Waals surface area contributed by atoms with Gasteiger partial charge in [-0.1, -0.05) is 18.2 Å². The second kappa shape index (κ2) is 11.6. The molecule has 34 heavy (non-hydrogen) atoms. The molecule has 4 N–H and O–H groups in total. The SMILES string of the molecule is CCOC(=O)C1=C(C)NC(=S)N[C@H]1c1ccccc1OCC(=O)NN=Cc1ccc(O)c(Br)c1. The minimum atomic E-state index is -0.613. The molecule has 0 aromatic heterocycles. The number of aromatic hydroxyl groups is 1. The highest BCUT2D eigenvalue weighted by molar-refractivity contribution is 9.10. The monoisotopic (exact) mass is 546 g/mol. The predicted octanol–water partition coefficient (Wildman–Crippen LogP) is 3.04. The number of carbonyl (C=O) groups excluding carboxylic acids is 2. The Morgan fingerprint density at radius 3 is 2.79 bits per heavy atom. The van der Waals surface area contributed by atoms with Crippen molar-refractivity contribution in [3.63, 3.8) is 0 Å². The van der Waals surface area contributed by atoms with Crippen LogP contribution in [0.1, 0.15) is 31.0 Å². The molecule has 1 heterocycles. The topological polar surface area (TPSA) is 121 Å². The van der Waals surface area contributed by atoms with Crippen molar-refractivity contribution in [3.8, 4) is 11.5 Å². The maximum Gasteiger partial charge on any atom is 0.338 e. The minimum Gasteiger partial charge on any atom is -0.507 e. The van der Waals surface area contributed by atoms with Gasteiger partial charge in [0, 0.05) is 11.3 Å². The number of amides is 1. The Kier molecular flexibility index (Phi) is 8.61. The van der Waals surface area contributed by atoms with Crippen molar-refractivity contribution in [3.05, 3.63) is 69.3 Å². The normalized spacial score (nSPS) is 15.5. The number of rotatable bonds is 8. The van der Waals surface area contributed by atoms with E-state index in [1.807, 2.05) is 0 Å². The van der Waals surface area contributed by atoms with Gasteiger partial charge in [-0.2, -0.15) is 5.10 Å². The molecule has 0 unspecified atom stereocenters. The zero-order valence-corrected chi connectivity index (χ0v) is 20.8. The number of halogens is 1. The van der Waals surface area contributed by atoms with Crippen molar-refractivity contribution in [2.24, 2.45) is 5.10 Å². The number of nitrogens with zero attached hydrogens (tertiary/aromatic N) is 1. The van der Waals surface area contributed by atoms with E-state index in [4.69, 9.17) is 21.7 Å². The van der Waals surface area contributed by atoms with Gasteiger partial charge in [-0.05, 0) is 71.8 Å². The first-order chi connectivity index (χ1) is 16.3. The lowest BCUT2D eigenvalue weighted by Crippen LogP contribution is -2.45. The summed E-state index contributed by atoms with van der Waals surface area (Å²) in [5.41, 5.74) is 4.65. The van der Waals surface area contributed by atoms with E-state index in [1.54, 1.807) is 50.2 Å². The number of thiocarbonyl (C=S) groups is 1. The number of hydrogen-bond acceptors (Lipinski definition) is 7. The highest BCUT2D eigenvalue weighted by Gasteiger charge is 2.32. The molecule has 0 bridgehead atoms.